The summed E-state index contributed by atoms with van der Waals surface area (Å²) in [5.41, 5.74) is 4.94. The molecule has 4 rings (SSSR count). The topological polar surface area (TPSA) is 69.7 Å². The average molecular weight is 498 g/mol. The molecule has 0 radical (unpaired) electrons. The Bertz CT molecular complexity index is 1220. The molecule has 2 aliphatic heterocycles. The van der Waals surface area contributed by atoms with E-state index in [0.717, 1.165) is 34.2 Å². The lowest BCUT2D eigenvalue weighted by molar-refractivity contribution is -0.127. The number of hydrogen-bond acceptors (Lipinski definition) is 5. The standard InChI is InChI=1S/C26H28ClN3O3S/c1-15-9-21-20(16(2)13-26(3,4)29(21)5)10-17(15)11-22-24(32)30(25(33)34-22)14-23(31)28-19-8-6-7-18(27)12-19/h6-12,16H,13-14H2,1-5H3,(H,28,31)/b22-11-/t16-/m1/s1. The Kier molecular flexibility index (Phi) is 6.53. The van der Waals surface area contributed by atoms with Gasteiger partial charge in [-0.2, -0.15) is 0 Å². The van der Waals surface area contributed by atoms with Gasteiger partial charge in [0.05, 0.1) is 4.91 Å². The van der Waals surface area contributed by atoms with E-state index < -0.39 is 17.1 Å². The van der Waals surface area contributed by atoms with Gasteiger partial charge in [-0.05, 0) is 98.0 Å². The summed E-state index contributed by atoms with van der Waals surface area (Å²) in [5.74, 6) is -0.547. The maximum Gasteiger partial charge on any atom is 0.294 e. The van der Waals surface area contributed by atoms with Crippen molar-refractivity contribution in [2.45, 2.75) is 45.6 Å². The fourth-order valence-corrected chi connectivity index (χ4v) is 5.60. The predicted octanol–water partition coefficient (Wildman–Crippen LogP) is 6.05. The summed E-state index contributed by atoms with van der Waals surface area (Å²) in [6.07, 6.45) is 2.79. The smallest absolute Gasteiger partial charge is 0.294 e. The molecule has 2 aliphatic rings. The van der Waals surface area contributed by atoms with Crippen LogP contribution in [0.25, 0.3) is 6.08 Å². The highest BCUT2D eigenvalue weighted by molar-refractivity contribution is 8.18. The zero-order valence-corrected chi connectivity index (χ0v) is 21.5. The number of benzene rings is 2. The number of aryl methyl sites for hydroxylation is 1. The molecule has 2 aromatic rings. The number of anilines is 2. The van der Waals surface area contributed by atoms with Gasteiger partial charge in [0.15, 0.2) is 0 Å². The van der Waals surface area contributed by atoms with Gasteiger partial charge in [0.2, 0.25) is 5.91 Å². The maximum absolute atomic E-state index is 13.0. The molecule has 6 nitrogen and oxygen atoms in total. The zero-order valence-electron chi connectivity index (χ0n) is 19.9. The predicted molar refractivity (Wildman–Crippen MR) is 139 cm³/mol. The molecule has 1 atom stereocenters. The zero-order chi connectivity index (χ0) is 24.8. The number of hydrogen-bond donors (Lipinski definition) is 1. The van der Waals surface area contributed by atoms with Crippen molar-refractivity contribution in [2.24, 2.45) is 0 Å². The van der Waals surface area contributed by atoms with E-state index >= 15 is 0 Å². The Morgan fingerprint density at radius 3 is 2.71 bits per heavy atom. The van der Waals surface area contributed by atoms with Gasteiger partial charge in [-0.25, -0.2) is 0 Å². The van der Waals surface area contributed by atoms with Crippen LogP contribution in [-0.4, -0.2) is 41.1 Å². The third-order valence-electron chi connectivity index (χ3n) is 6.59. The highest BCUT2D eigenvalue weighted by Crippen LogP contribution is 2.44. The molecular formula is C26H28ClN3O3S. The van der Waals surface area contributed by atoms with Crippen LogP contribution in [0.5, 0.6) is 0 Å². The Hall–Kier alpha value is -2.77. The lowest BCUT2D eigenvalue weighted by Crippen LogP contribution is -2.45. The van der Waals surface area contributed by atoms with Gasteiger partial charge >= 0.3 is 0 Å². The number of halogens is 1. The number of rotatable bonds is 4. The minimum atomic E-state index is -0.463. The molecule has 0 spiro atoms. The van der Waals surface area contributed by atoms with Crippen LogP contribution in [0.15, 0.2) is 41.3 Å². The minimum absolute atomic E-state index is 0.0642. The third-order valence-corrected chi connectivity index (χ3v) is 7.73. The molecule has 2 heterocycles. The van der Waals surface area contributed by atoms with Crippen molar-refractivity contribution in [1.82, 2.24) is 4.90 Å². The molecule has 0 saturated carbocycles. The largest absolute Gasteiger partial charge is 0.369 e. The normalized spacial score (nSPS) is 20.6. The number of carbonyl (C=O) groups is 3. The Morgan fingerprint density at radius 2 is 2.00 bits per heavy atom. The van der Waals surface area contributed by atoms with Crippen molar-refractivity contribution in [3.8, 4) is 0 Å². The second kappa shape index (κ2) is 9.12. The van der Waals surface area contributed by atoms with Crippen LogP contribution in [0, 0.1) is 6.92 Å². The molecule has 8 heteroatoms. The van der Waals surface area contributed by atoms with Crippen molar-refractivity contribution in [2.75, 3.05) is 23.8 Å². The van der Waals surface area contributed by atoms with E-state index in [4.69, 9.17) is 11.6 Å². The van der Waals surface area contributed by atoms with Gasteiger partial charge in [-0.1, -0.05) is 24.6 Å². The summed E-state index contributed by atoms with van der Waals surface area (Å²) in [5, 5.41) is 2.70. The highest BCUT2D eigenvalue weighted by atomic mass is 35.5. The van der Waals surface area contributed by atoms with Crippen molar-refractivity contribution in [3.63, 3.8) is 0 Å². The Labute approximate surface area is 209 Å². The van der Waals surface area contributed by atoms with E-state index in [0.29, 0.717) is 21.5 Å². The van der Waals surface area contributed by atoms with Crippen LogP contribution in [-0.2, 0) is 9.59 Å². The van der Waals surface area contributed by atoms with E-state index in [1.54, 1.807) is 30.3 Å². The van der Waals surface area contributed by atoms with Crippen LogP contribution < -0.4 is 10.2 Å². The molecule has 34 heavy (non-hydrogen) atoms. The number of nitrogens with one attached hydrogen (secondary N) is 1. The molecule has 3 amide bonds. The Balaban J connectivity index is 1.54. The van der Waals surface area contributed by atoms with E-state index in [1.807, 2.05) is 6.92 Å². The molecule has 178 valence electrons. The second-order valence-corrected chi connectivity index (χ2v) is 11.0. The lowest BCUT2D eigenvalue weighted by atomic mass is 9.79. The first-order chi connectivity index (χ1) is 16.0. The van der Waals surface area contributed by atoms with Gasteiger partial charge in [-0.15, -0.1) is 0 Å². The van der Waals surface area contributed by atoms with Crippen LogP contribution in [0.1, 0.15) is 49.8 Å². The molecule has 2 aromatic carbocycles. The van der Waals surface area contributed by atoms with Crippen LogP contribution in [0.2, 0.25) is 5.02 Å². The Morgan fingerprint density at radius 1 is 1.26 bits per heavy atom. The summed E-state index contributed by atoms with van der Waals surface area (Å²) in [4.78, 5) is 41.5. The summed E-state index contributed by atoms with van der Waals surface area (Å²) >= 11 is 6.81. The molecule has 0 aliphatic carbocycles. The van der Waals surface area contributed by atoms with Crippen molar-refractivity contribution in [1.29, 1.82) is 0 Å². The van der Waals surface area contributed by atoms with E-state index in [9.17, 15) is 14.4 Å². The molecule has 1 N–H and O–H groups in total. The minimum Gasteiger partial charge on any atom is -0.369 e. The first-order valence-electron chi connectivity index (χ1n) is 11.2. The van der Waals surface area contributed by atoms with E-state index in [1.165, 1.54) is 11.3 Å². The number of fused-ring (bicyclic) bond motifs is 1. The van der Waals surface area contributed by atoms with Crippen LogP contribution in [0.3, 0.4) is 0 Å². The fourth-order valence-electron chi connectivity index (χ4n) is 4.58. The second-order valence-electron chi connectivity index (χ2n) is 9.57. The van der Waals surface area contributed by atoms with Gasteiger partial charge in [0.25, 0.3) is 11.1 Å². The first-order valence-corrected chi connectivity index (χ1v) is 12.3. The summed E-state index contributed by atoms with van der Waals surface area (Å²) in [6, 6.07) is 11.0. The summed E-state index contributed by atoms with van der Waals surface area (Å²) in [7, 11) is 2.11. The maximum atomic E-state index is 13.0. The number of nitrogens with zero attached hydrogens (tertiary/aromatic N) is 2. The number of amides is 3. The third kappa shape index (κ3) is 4.72. The summed E-state index contributed by atoms with van der Waals surface area (Å²) in [6.45, 7) is 8.37. The first kappa shape index (κ1) is 24.4. The molecule has 0 bridgehead atoms. The number of imide groups is 1. The summed E-state index contributed by atoms with van der Waals surface area (Å²) < 4.78 is 0. The van der Waals surface area contributed by atoms with E-state index in [2.05, 4.69) is 50.2 Å². The quantitative estimate of drug-likeness (QED) is 0.521. The van der Waals surface area contributed by atoms with Gasteiger partial charge < -0.3 is 10.2 Å². The SMILES string of the molecule is Cc1cc2c(cc1/C=C1\SC(=O)N(CC(=O)Nc3cccc(Cl)c3)C1=O)[C@H](C)CC(C)(C)N2C. The van der Waals surface area contributed by atoms with Crippen molar-refractivity contribution in [3.05, 3.63) is 63.0 Å². The fraction of sp³-hybridized carbons (Fsp3) is 0.346. The van der Waals surface area contributed by atoms with Gasteiger partial charge in [-0.3, -0.25) is 19.3 Å². The highest BCUT2D eigenvalue weighted by Gasteiger charge is 2.37. The van der Waals surface area contributed by atoms with Crippen LogP contribution >= 0.6 is 23.4 Å². The molecule has 1 fully saturated rings. The van der Waals surface area contributed by atoms with Gasteiger partial charge in [0, 0.05) is 29.0 Å². The molecular weight excluding hydrogens is 470 g/mol. The average Bonchev–Trinajstić information content (AvgIpc) is 3.00. The van der Waals surface area contributed by atoms with Crippen molar-refractivity contribution >= 4 is 57.9 Å². The molecule has 1 saturated heterocycles. The number of carbonyl (C=O) groups excluding carboxylic acids is 3. The molecule has 0 aromatic heterocycles. The number of thioether (sulfide) groups is 1. The van der Waals surface area contributed by atoms with Crippen LogP contribution in [0.4, 0.5) is 16.2 Å². The molecule has 0 unspecified atom stereocenters. The monoisotopic (exact) mass is 497 g/mol. The van der Waals surface area contributed by atoms with Crippen molar-refractivity contribution < 1.29 is 14.4 Å². The lowest BCUT2D eigenvalue weighted by Gasteiger charge is -2.45. The van der Waals surface area contributed by atoms with Gasteiger partial charge in [0.1, 0.15) is 6.54 Å². The van der Waals surface area contributed by atoms with E-state index in [-0.39, 0.29) is 12.1 Å².